The minimum absolute atomic E-state index is 0.170. The number of ether oxygens (including phenoxy) is 1. The summed E-state index contributed by atoms with van der Waals surface area (Å²) in [4.78, 5) is 13.1. The molecule has 0 saturated heterocycles. The summed E-state index contributed by atoms with van der Waals surface area (Å²) >= 11 is 1.45. The molecule has 0 bridgehead atoms. The SMILES string of the molecule is COCCNC(=O)c1c(-c2cccs2)noc1C(C)O. The van der Waals surface area contributed by atoms with Crippen LogP contribution in [0.25, 0.3) is 10.6 Å². The molecule has 0 aliphatic heterocycles. The third-order valence-electron chi connectivity index (χ3n) is 2.67. The van der Waals surface area contributed by atoms with E-state index < -0.39 is 6.10 Å². The van der Waals surface area contributed by atoms with Crippen LogP contribution in [-0.2, 0) is 4.74 Å². The number of thiophene rings is 1. The number of carbonyl (C=O) groups excluding carboxylic acids is 1. The van der Waals surface area contributed by atoms with Crippen LogP contribution in [0.2, 0.25) is 0 Å². The maximum Gasteiger partial charge on any atom is 0.257 e. The monoisotopic (exact) mass is 296 g/mol. The van der Waals surface area contributed by atoms with E-state index in [1.54, 1.807) is 7.11 Å². The van der Waals surface area contributed by atoms with Crippen LogP contribution in [-0.4, -0.2) is 36.4 Å². The van der Waals surface area contributed by atoms with Crippen LogP contribution in [0.3, 0.4) is 0 Å². The normalized spacial score (nSPS) is 12.3. The molecule has 0 spiro atoms. The minimum Gasteiger partial charge on any atom is -0.385 e. The zero-order chi connectivity index (χ0) is 14.5. The molecule has 2 rings (SSSR count). The highest BCUT2D eigenvalue weighted by atomic mass is 32.1. The van der Waals surface area contributed by atoms with Crippen molar-refractivity contribution in [3.05, 3.63) is 28.8 Å². The highest BCUT2D eigenvalue weighted by molar-refractivity contribution is 7.13. The van der Waals surface area contributed by atoms with Gasteiger partial charge in [0.25, 0.3) is 5.91 Å². The van der Waals surface area contributed by atoms with Crippen LogP contribution in [0.4, 0.5) is 0 Å². The van der Waals surface area contributed by atoms with E-state index in [9.17, 15) is 9.90 Å². The summed E-state index contributed by atoms with van der Waals surface area (Å²) in [6.45, 7) is 2.32. The largest absolute Gasteiger partial charge is 0.385 e. The molecule has 0 aliphatic carbocycles. The summed E-state index contributed by atoms with van der Waals surface area (Å²) in [6, 6.07) is 3.71. The van der Waals surface area contributed by atoms with Gasteiger partial charge in [0, 0.05) is 13.7 Å². The predicted octanol–water partition coefficient (Wildman–Crippen LogP) is 1.83. The second kappa shape index (κ2) is 6.65. The molecule has 1 amide bonds. The van der Waals surface area contributed by atoms with Crippen molar-refractivity contribution in [1.29, 1.82) is 0 Å². The first-order chi connectivity index (χ1) is 9.65. The Balaban J connectivity index is 2.32. The van der Waals surface area contributed by atoms with Crippen molar-refractivity contribution >= 4 is 17.2 Å². The fraction of sp³-hybridized carbons (Fsp3) is 0.385. The van der Waals surface area contributed by atoms with Crippen LogP contribution < -0.4 is 5.32 Å². The maximum atomic E-state index is 12.2. The number of methoxy groups -OCH3 is 1. The molecular formula is C13H16N2O4S. The second-order valence-electron chi connectivity index (χ2n) is 4.17. The van der Waals surface area contributed by atoms with E-state index in [1.807, 2.05) is 17.5 Å². The lowest BCUT2D eigenvalue weighted by Crippen LogP contribution is -2.28. The van der Waals surface area contributed by atoms with E-state index in [4.69, 9.17) is 9.26 Å². The first-order valence-electron chi connectivity index (χ1n) is 6.13. The van der Waals surface area contributed by atoms with E-state index >= 15 is 0 Å². The molecule has 0 fully saturated rings. The standard InChI is InChI=1S/C13H16N2O4S/c1-8(16)12-10(13(17)14-5-6-18-2)11(15-19-12)9-4-3-7-20-9/h3-4,7-8,16H,5-6H2,1-2H3,(H,14,17). The first-order valence-corrected chi connectivity index (χ1v) is 7.01. The average Bonchev–Trinajstić information content (AvgIpc) is 3.07. The number of nitrogens with one attached hydrogen (secondary N) is 1. The van der Waals surface area contributed by atoms with Crippen LogP contribution in [0.1, 0.15) is 29.1 Å². The molecule has 0 saturated carbocycles. The Bertz CT molecular complexity index is 563. The van der Waals surface area contributed by atoms with Crippen LogP contribution in [0, 0.1) is 0 Å². The molecule has 1 atom stereocenters. The highest BCUT2D eigenvalue weighted by Gasteiger charge is 2.26. The lowest BCUT2D eigenvalue weighted by molar-refractivity contribution is 0.0924. The molecule has 0 aliphatic rings. The van der Waals surface area contributed by atoms with Gasteiger partial charge >= 0.3 is 0 Å². The summed E-state index contributed by atoms with van der Waals surface area (Å²) in [5.74, 6) is -0.161. The number of amides is 1. The number of aliphatic hydroxyl groups excluding tert-OH is 1. The first kappa shape index (κ1) is 14.7. The molecule has 108 valence electrons. The molecule has 1 unspecified atom stereocenters. The molecule has 0 radical (unpaired) electrons. The van der Waals surface area contributed by atoms with Gasteiger partial charge in [-0.25, -0.2) is 0 Å². The third kappa shape index (κ3) is 3.06. The van der Waals surface area contributed by atoms with Crippen molar-refractivity contribution in [2.75, 3.05) is 20.3 Å². The Kier molecular flexibility index (Phi) is 4.89. The molecular weight excluding hydrogens is 280 g/mol. The predicted molar refractivity (Wildman–Crippen MR) is 74.7 cm³/mol. The Hall–Kier alpha value is -1.70. The topological polar surface area (TPSA) is 84.6 Å². The Morgan fingerprint density at radius 1 is 1.65 bits per heavy atom. The average molecular weight is 296 g/mol. The number of hydrogen-bond donors (Lipinski definition) is 2. The summed E-state index contributed by atoms with van der Waals surface area (Å²) in [5, 5.41) is 18.2. The third-order valence-corrected chi connectivity index (χ3v) is 3.55. The fourth-order valence-electron chi connectivity index (χ4n) is 1.74. The number of hydrogen-bond acceptors (Lipinski definition) is 6. The van der Waals surface area contributed by atoms with Crippen molar-refractivity contribution < 1.29 is 19.2 Å². The summed E-state index contributed by atoms with van der Waals surface area (Å²) in [6.07, 6.45) is -0.903. The molecule has 6 nitrogen and oxygen atoms in total. The molecule has 2 heterocycles. The van der Waals surface area contributed by atoms with Crippen LogP contribution >= 0.6 is 11.3 Å². The molecule has 7 heteroatoms. The lowest BCUT2D eigenvalue weighted by atomic mass is 10.1. The molecule has 2 N–H and O–H groups in total. The Labute approximate surface area is 120 Å². The van der Waals surface area contributed by atoms with Gasteiger partial charge in [0.05, 0.1) is 11.5 Å². The van der Waals surface area contributed by atoms with Crippen molar-refractivity contribution in [3.8, 4) is 10.6 Å². The molecule has 2 aromatic rings. The summed E-state index contributed by atoms with van der Waals surface area (Å²) in [5.41, 5.74) is 0.726. The molecule has 20 heavy (non-hydrogen) atoms. The van der Waals surface area contributed by atoms with E-state index in [0.717, 1.165) is 4.88 Å². The molecule has 2 aromatic heterocycles. The smallest absolute Gasteiger partial charge is 0.257 e. The number of aliphatic hydroxyl groups is 1. The Morgan fingerprint density at radius 2 is 2.45 bits per heavy atom. The van der Waals surface area contributed by atoms with E-state index in [1.165, 1.54) is 18.3 Å². The van der Waals surface area contributed by atoms with Gasteiger partial charge in [0.2, 0.25) is 0 Å². The zero-order valence-corrected chi connectivity index (χ0v) is 12.1. The van der Waals surface area contributed by atoms with Crippen LogP contribution in [0.15, 0.2) is 22.0 Å². The van der Waals surface area contributed by atoms with Gasteiger partial charge in [-0.05, 0) is 18.4 Å². The Morgan fingerprint density at radius 3 is 3.05 bits per heavy atom. The second-order valence-corrected chi connectivity index (χ2v) is 5.12. The van der Waals surface area contributed by atoms with Gasteiger partial charge in [0.1, 0.15) is 17.4 Å². The van der Waals surface area contributed by atoms with Gasteiger partial charge < -0.3 is 19.7 Å². The molecule has 0 aromatic carbocycles. The number of carbonyl (C=O) groups is 1. The summed E-state index contributed by atoms with van der Waals surface area (Å²) < 4.78 is 10.0. The fourth-order valence-corrected chi connectivity index (χ4v) is 2.46. The van der Waals surface area contributed by atoms with E-state index in [0.29, 0.717) is 18.8 Å². The van der Waals surface area contributed by atoms with Gasteiger partial charge in [-0.1, -0.05) is 11.2 Å². The van der Waals surface area contributed by atoms with E-state index in [2.05, 4.69) is 10.5 Å². The zero-order valence-electron chi connectivity index (χ0n) is 11.3. The lowest BCUT2D eigenvalue weighted by Gasteiger charge is -2.06. The minimum atomic E-state index is -0.903. The van der Waals surface area contributed by atoms with Crippen molar-refractivity contribution in [2.24, 2.45) is 0 Å². The van der Waals surface area contributed by atoms with Gasteiger partial charge in [0.15, 0.2) is 5.76 Å². The number of nitrogens with zero attached hydrogens (tertiary/aromatic N) is 1. The van der Waals surface area contributed by atoms with Crippen molar-refractivity contribution in [3.63, 3.8) is 0 Å². The van der Waals surface area contributed by atoms with Crippen LogP contribution in [0.5, 0.6) is 0 Å². The number of rotatable bonds is 6. The van der Waals surface area contributed by atoms with Gasteiger partial charge in [-0.15, -0.1) is 11.3 Å². The van der Waals surface area contributed by atoms with Crippen molar-refractivity contribution in [1.82, 2.24) is 10.5 Å². The number of aromatic nitrogens is 1. The van der Waals surface area contributed by atoms with Gasteiger partial charge in [-0.2, -0.15) is 0 Å². The maximum absolute atomic E-state index is 12.2. The highest BCUT2D eigenvalue weighted by Crippen LogP contribution is 2.31. The van der Waals surface area contributed by atoms with Gasteiger partial charge in [-0.3, -0.25) is 4.79 Å². The quantitative estimate of drug-likeness (QED) is 0.794. The van der Waals surface area contributed by atoms with E-state index in [-0.39, 0.29) is 17.2 Å². The summed E-state index contributed by atoms with van der Waals surface area (Å²) in [7, 11) is 1.56. The van der Waals surface area contributed by atoms with Crippen molar-refractivity contribution in [2.45, 2.75) is 13.0 Å².